The maximum atomic E-state index is 5.46. The Bertz CT molecular complexity index is 111. The summed E-state index contributed by atoms with van der Waals surface area (Å²) in [5.74, 6) is 0.732. The van der Waals surface area contributed by atoms with E-state index in [1.54, 1.807) is 0 Å². The zero-order valence-corrected chi connectivity index (χ0v) is 5.67. The monoisotopic (exact) mass is 128 g/mol. The fourth-order valence-corrected chi connectivity index (χ4v) is 1.62. The SMILES string of the molecule is C[C@@H]1C[C@H]2OCCO[C@@H]12. The Kier molecular flexibility index (Phi) is 1.24. The van der Waals surface area contributed by atoms with E-state index in [9.17, 15) is 0 Å². The molecule has 0 bridgehead atoms. The van der Waals surface area contributed by atoms with Crippen LogP contribution in [0.1, 0.15) is 13.3 Å². The molecule has 52 valence electrons. The van der Waals surface area contributed by atoms with Crippen LogP contribution in [0.2, 0.25) is 0 Å². The molecular weight excluding hydrogens is 116 g/mol. The Balaban J connectivity index is 1.94. The van der Waals surface area contributed by atoms with Gasteiger partial charge >= 0.3 is 0 Å². The molecule has 1 saturated carbocycles. The summed E-state index contributed by atoms with van der Waals surface area (Å²) in [6.45, 7) is 3.81. The Morgan fingerprint density at radius 2 is 2.00 bits per heavy atom. The summed E-state index contributed by atoms with van der Waals surface area (Å²) >= 11 is 0. The van der Waals surface area contributed by atoms with E-state index in [4.69, 9.17) is 9.47 Å². The quantitative estimate of drug-likeness (QED) is 0.480. The smallest absolute Gasteiger partial charge is 0.0864 e. The lowest BCUT2D eigenvalue weighted by Crippen LogP contribution is -2.52. The Hall–Kier alpha value is -0.0800. The van der Waals surface area contributed by atoms with Gasteiger partial charge in [0.1, 0.15) is 0 Å². The van der Waals surface area contributed by atoms with Crippen LogP contribution in [-0.4, -0.2) is 25.4 Å². The fourth-order valence-electron chi connectivity index (χ4n) is 1.62. The average molecular weight is 128 g/mol. The molecule has 1 saturated heterocycles. The number of rotatable bonds is 0. The summed E-state index contributed by atoms with van der Waals surface area (Å²) in [7, 11) is 0. The van der Waals surface area contributed by atoms with E-state index in [2.05, 4.69) is 6.92 Å². The normalized spacial score (nSPS) is 49.7. The van der Waals surface area contributed by atoms with Crippen molar-refractivity contribution in [1.82, 2.24) is 0 Å². The average Bonchev–Trinajstić information content (AvgIpc) is 1.86. The Labute approximate surface area is 55.1 Å². The number of ether oxygens (including phenoxy) is 2. The molecular formula is C7H12O2. The second-order valence-corrected chi connectivity index (χ2v) is 2.96. The summed E-state index contributed by atoms with van der Waals surface area (Å²) in [5, 5.41) is 0. The summed E-state index contributed by atoms with van der Waals surface area (Å²) in [6, 6.07) is 0. The maximum Gasteiger partial charge on any atom is 0.0864 e. The van der Waals surface area contributed by atoms with Crippen molar-refractivity contribution in [2.75, 3.05) is 13.2 Å². The molecule has 1 aliphatic heterocycles. The lowest BCUT2D eigenvalue weighted by molar-refractivity contribution is -0.211. The summed E-state index contributed by atoms with van der Waals surface area (Å²) in [6.07, 6.45) is 2.07. The summed E-state index contributed by atoms with van der Waals surface area (Å²) in [4.78, 5) is 0. The molecule has 0 radical (unpaired) electrons. The topological polar surface area (TPSA) is 18.5 Å². The van der Waals surface area contributed by atoms with Gasteiger partial charge in [0.2, 0.25) is 0 Å². The van der Waals surface area contributed by atoms with Crippen LogP contribution in [-0.2, 0) is 9.47 Å². The largest absolute Gasteiger partial charge is 0.373 e. The van der Waals surface area contributed by atoms with Crippen molar-refractivity contribution in [3.63, 3.8) is 0 Å². The van der Waals surface area contributed by atoms with Crippen molar-refractivity contribution in [3.8, 4) is 0 Å². The molecule has 2 heteroatoms. The molecule has 0 unspecified atom stereocenters. The maximum absolute atomic E-state index is 5.46. The molecule has 2 aliphatic rings. The second kappa shape index (κ2) is 1.96. The molecule has 0 aromatic rings. The van der Waals surface area contributed by atoms with Crippen LogP contribution in [0.3, 0.4) is 0 Å². The standard InChI is InChI=1S/C7H12O2/c1-5-4-6-7(5)9-3-2-8-6/h5-7H,2-4H2,1H3/t5-,6-,7+/m1/s1. The van der Waals surface area contributed by atoms with Crippen LogP contribution >= 0.6 is 0 Å². The van der Waals surface area contributed by atoms with Crippen molar-refractivity contribution in [2.24, 2.45) is 5.92 Å². The summed E-state index contributed by atoms with van der Waals surface area (Å²) in [5.41, 5.74) is 0. The highest BCUT2D eigenvalue weighted by molar-refractivity contribution is 4.90. The van der Waals surface area contributed by atoms with Crippen molar-refractivity contribution in [3.05, 3.63) is 0 Å². The second-order valence-electron chi connectivity index (χ2n) is 2.96. The van der Waals surface area contributed by atoms with Crippen LogP contribution < -0.4 is 0 Å². The molecule has 0 amide bonds. The predicted octanol–water partition coefficient (Wildman–Crippen LogP) is 0.810. The number of fused-ring (bicyclic) bond motifs is 1. The van der Waals surface area contributed by atoms with Gasteiger partial charge in [0.25, 0.3) is 0 Å². The molecule has 0 aromatic carbocycles. The molecule has 0 N–H and O–H groups in total. The zero-order chi connectivity index (χ0) is 6.27. The molecule has 1 aliphatic carbocycles. The molecule has 2 nitrogen and oxygen atoms in total. The third-order valence-electron chi connectivity index (χ3n) is 2.26. The van der Waals surface area contributed by atoms with Gasteiger partial charge in [0.15, 0.2) is 0 Å². The molecule has 3 atom stereocenters. The van der Waals surface area contributed by atoms with E-state index in [1.807, 2.05) is 0 Å². The van der Waals surface area contributed by atoms with E-state index in [1.165, 1.54) is 6.42 Å². The van der Waals surface area contributed by atoms with Crippen molar-refractivity contribution < 1.29 is 9.47 Å². The minimum absolute atomic E-state index is 0.429. The van der Waals surface area contributed by atoms with Gasteiger partial charge in [0.05, 0.1) is 25.4 Å². The molecule has 1 heterocycles. The molecule has 0 spiro atoms. The zero-order valence-electron chi connectivity index (χ0n) is 5.67. The molecule has 2 fully saturated rings. The van der Waals surface area contributed by atoms with Gasteiger partial charge in [-0.3, -0.25) is 0 Å². The van der Waals surface area contributed by atoms with Crippen molar-refractivity contribution in [1.29, 1.82) is 0 Å². The Morgan fingerprint density at radius 3 is 2.56 bits per heavy atom. The van der Waals surface area contributed by atoms with Gasteiger partial charge < -0.3 is 9.47 Å². The minimum Gasteiger partial charge on any atom is -0.373 e. The van der Waals surface area contributed by atoms with Crippen LogP contribution in [0, 0.1) is 5.92 Å². The Morgan fingerprint density at radius 1 is 1.22 bits per heavy atom. The highest BCUT2D eigenvalue weighted by Gasteiger charge is 2.41. The number of hydrogen-bond donors (Lipinski definition) is 0. The highest BCUT2D eigenvalue weighted by Crippen LogP contribution is 2.34. The molecule has 0 aromatic heterocycles. The molecule has 2 rings (SSSR count). The predicted molar refractivity (Wildman–Crippen MR) is 33.3 cm³/mol. The summed E-state index contributed by atoms with van der Waals surface area (Å²) < 4.78 is 10.9. The van der Waals surface area contributed by atoms with E-state index in [0.717, 1.165) is 19.1 Å². The van der Waals surface area contributed by atoms with Crippen molar-refractivity contribution >= 4 is 0 Å². The van der Waals surface area contributed by atoms with Crippen LogP contribution in [0.5, 0.6) is 0 Å². The van der Waals surface area contributed by atoms with Gasteiger partial charge in [-0.15, -0.1) is 0 Å². The first kappa shape index (κ1) is 5.69. The van der Waals surface area contributed by atoms with Gasteiger partial charge in [-0.2, -0.15) is 0 Å². The van der Waals surface area contributed by atoms with Crippen LogP contribution in [0.25, 0.3) is 0 Å². The number of hydrogen-bond acceptors (Lipinski definition) is 2. The van der Waals surface area contributed by atoms with Gasteiger partial charge in [-0.25, -0.2) is 0 Å². The lowest BCUT2D eigenvalue weighted by atomic mass is 9.80. The van der Waals surface area contributed by atoms with E-state index < -0.39 is 0 Å². The van der Waals surface area contributed by atoms with Gasteiger partial charge in [0, 0.05) is 0 Å². The van der Waals surface area contributed by atoms with E-state index in [0.29, 0.717) is 12.2 Å². The first-order valence-electron chi connectivity index (χ1n) is 3.61. The van der Waals surface area contributed by atoms with Gasteiger partial charge in [-0.05, 0) is 12.3 Å². The fraction of sp³-hybridized carbons (Fsp3) is 1.00. The van der Waals surface area contributed by atoms with E-state index in [-0.39, 0.29) is 0 Å². The third-order valence-corrected chi connectivity index (χ3v) is 2.26. The third kappa shape index (κ3) is 0.775. The highest BCUT2D eigenvalue weighted by atomic mass is 16.6. The first-order valence-corrected chi connectivity index (χ1v) is 3.61. The first-order chi connectivity index (χ1) is 4.38. The lowest BCUT2D eigenvalue weighted by Gasteiger charge is -2.45. The molecule has 9 heavy (non-hydrogen) atoms. The van der Waals surface area contributed by atoms with Crippen LogP contribution in [0.15, 0.2) is 0 Å². The van der Waals surface area contributed by atoms with Gasteiger partial charge in [-0.1, -0.05) is 6.92 Å². The minimum atomic E-state index is 0.429. The van der Waals surface area contributed by atoms with Crippen LogP contribution in [0.4, 0.5) is 0 Å². The van der Waals surface area contributed by atoms with E-state index >= 15 is 0 Å². The van der Waals surface area contributed by atoms with Crippen molar-refractivity contribution in [2.45, 2.75) is 25.6 Å².